The van der Waals surface area contributed by atoms with Crippen molar-refractivity contribution in [3.05, 3.63) is 113 Å². The summed E-state index contributed by atoms with van der Waals surface area (Å²) in [7, 11) is 0. The van der Waals surface area contributed by atoms with Crippen LogP contribution in [0.15, 0.2) is 97.1 Å². The summed E-state index contributed by atoms with van der Waals surface area (Å²) in [5, 5.41) is 5.62. The third kappa shape index (κ3) is 7.36. The van der Waals surface area contributed by atoms with E-state index in [2.05, 4.69) is 12.2 Å². The van der Waals surface area contributed by atoms with E-state index in [1.165, 1.54) is 0 Å². The molecule has 0 radical (unpaired) electrons. The smallest absolute Gasteiger partial charge is 0.261 e. The van der Waals surface area contributed by atoms with Crippen LogP contribution in [0, 0.1) is 0 Å². The summed E-state index contributed by atoms with van der Waals surface area (Å²) in [6.07, 6.45) is 2.24. The van der Waals surface area contributed by atoms with Crippen LogP contribution < -0.4 is 10.1 Å². The number of nitrogens with zero attached hydrogens (tertiary/aromatic N) is 1. The van der Waals surface area contributed by atoms with E-state index in [0.29, 0.717) is 23.7 Å². The lowest BCUT2D eigenvalue weighted by Crippen LogP contribution is -2.51. The second-order valence-corrected chi connectivity index (χ2v) is 9.70. The number of benzene rings is 4. The largest absolute Gasteiger partial charge is 0.483 e. The molecule has 0 aliphatic rings. The van der Waals surface area contributed by atoms with Crippen molar-refractivity contribution in [2.24, 2.45) is 0 Å². The lowest BCUT2D eigenvalue weighted by Gasteiger charge is -2.31. The first-order valence-corrected chi connectivity index (χ1v) is 13.4. The molecule has 0 aliphatic heterocycles. The van der Waals surface area contributed by atoms with E-state index in [0.717, 1.165) is 34.7 Å². The summed E-state index contributed by atoms with van der Waals surface area (Å²) in [4.78, 5) is 28.9. The first-order chi connectivity index (χ1) is 18.5. The molecule has 1 N–H and O–H groups in total. The van der Waals surface area contributed by atoms with Crippen LogP contribution in [0.25, 0.3) is 10.8 Å². The van der Waals surface area contributed by atoms with Crippen LogP contribution in [0.4, 0.5) is 0 Å². The van der Waals surface area contributed by atoms with Crippen molar-refractivity contribution >= 4 is 34.2 Å². The number of rotatable bonds is 12. The number of hydrogen-bond donors (Lipinski definition) is 1. The zero-order valence-corrected chi connectivity index (χ0v) is 22.4. The molecule has 5 nitrogen and oxygen atoms in total. The maximum atomic E-state index is 13.8. The molecule has 4 aromatic rings. The number of carbonyl (C=O) groups excluding carboxylic acids is 2. The number of amides is 2. The van der Waals surface area contributed by atoms with Crippen molar-refractivity contribution in [1.29, 1.82) is 0 Å². The molecule has 0 saturated heterocycles. The maximum absolute atomic E-state index is 13.8. The van der Waals surface area contributed by atoms with Gasteiger partial charge in [-0.3, -0.25) is 9.59 Å². The number of fused-ring (bicyclic) bond motifs is 1. The highest BCUT2D eigenvalue weighted by atomic mass is 35.5. The van der Waals surface area contributed by atoms with E-state index in [9.17, 15) is 9.59 Å². The Morgan fingerprint density at radius 1 is 0.868 bits per heavy atom. The van der Waals surface area contributed by atoms with E-state index in [-0.39, 0.29) is 25.0 Å². The van der Waals surface area contributed by atoms with Gasteiger partial charge in [0.15, 0.2) is 6.61 Å². The Kier molecular flexibility index (Phi) is 9.77. The molecule has 0 aliphatic carbocycles. The van der Waals surface area contributed by atoms with Gasteiger partial charge in [-0.2, -0.15) is 0 Å². The molecule has 0 spiro atoms. The minimum atomic E-state index is -0.700. The van der Waals surface area contributed by atoms with Gasteiger partial charge in [0.2, 0.25) is 5.91 Å². The second-order valence-electron chi connectivity index (χ2n) is 9.26. The van der Waals surface area contributed by atoms with Gasteiger partial charge in [-0.25, -0.2) is 0 Å². The van der Waals surface area contributed by atoms with E-state index in [1.54, 1.807) is 17.0 Å². The van der Waals surface area contributed by atoms with E-state index < -0.39 is 6.04 Å². The minimum Gasteiger partial charge on any atom is -0.483 e. The first-order valence-electron chi connectivity index (χ1n) is 13.0. The van der Waals surface area contributed by atoms with Gasteiger partial charge in [0.1, 0.15) is 11.8 Å². The molecule has 0 heterocycles. The molecule has 196 valence electrons. The predicted molar refractivity (Wildman–Crippen MR) is 153 cm³/mol. The molecule has 0 aromatic heterocycles. The fraction of sp³-hybridized carbons (Fsp3) is 0.250. The van der Waals surface area contributed by atoms with Crippen molar-refractivity contribution in [3.8, 4) is 5.75 Å². The number of hydrogen-bond acceptors (Lipinski definition) is 3. The average molecular weight is 529 g/mol. The molecule has 6 heteroatoms. The van der Waals surface area contributed by atoms with Crippen LogP contribution in [-0.2, 0) is 22.6 Å². The van der Waals surface area contributed by atoms with Crippen molar-refractivity contribution in [1.82, 2.24) is 10.2 Å². The summed E-state index contributed by atoms with van der Waals surface area (Å²) in [5.41, 5.74) is 1.86. The van der Waals surface area contributed by atoms with Gasteiger partial charge in [0, 0.05) is 29.9 Å². The van der Waals surface area contributed by atoms with Crippen LogP contribution in [-0.4, -0.2) is 35.9 Å². The normalized spacial score (nSPS) is 11.6. The number of nitrogens with one attached hydrogen (secondary N) is 1. The lowest BCUT2D eigenvalue weighted by atomic mass is 10.0. The first kappa shape index (κ1) is 27.2. The predicted octanol–water partition coefficient (Wildman–Crippen LogP) is 6.43. The van der Waals surface area contributed by atoms with Crippen LogP contribution in [0.3, 0.4) is 0 Å². The minimum absolute atomic E-state index is 0.172. The zero-order chi connectivity index (χ0) is 26.7. The van der Waals surface area contributed by atoms with Crippen molar-refractivity contribution in [2.75, 3.05) is 13.2 Å². The topological polar surface area (TPSA) is 58.6 Å². The van der Waals surface area contributed by atoms with Crippen molar-refractivity contribution < 1.29 is 14.3 Å². The van der Waals surface area contributed by atoms with Gasteiger partial charge in [-0.05, 0) is 41.1 Å². The third-order valence-corrected chi connectivity index (χ3v) is 6.72. The number of ether oxygens (including phenoxy) is 1. The Balaban J connectivity index is 1.62. The Labute approximate surface area is 229 Å². The molecule has 0 saturated carbocycles. The van der Waals surface area contributed by atoms with Gasteiger partial charge in [-0.1, -0.05) is 104 Å². The second kappa shape index (κ2) is 13.6. The molecular weight excluding hydrogens is 496 g/mol. The van der Waals surface area contributed by atoms with Crippen LogP contribution in [0.5, 0.6) is 5.75 Å². The summed E-state index contributed by atoms with van der Waals surface area (Å²) in [6.45, 7) is 2.72. The standard InChI is InChI=1S/C32H33ClN2O3/c1-2-3-20-34-32(37)29(21-24-10-5-4-6-11-24)35(22-25-16-18-27(33)19-17-25)31(36)23-38-30-15-9-13-26-12-7-8-14-28(26)30/h4-19,29H,2-3,20-23H2,1H3,(H,34,37). The molecule has 1 atom stereocenters. The molecule has 4 aromatic carbocycles. The van der Waals surface area contributed by atoms with E-state index >= 15 is 0 Å². The fourth-order valence-corrected chi connectivity index (χ4v) is 4.52. The van der Waals surface area contributed by atoms with E-state index in [4.69, 9.17) is 16.3 Å². The van der Waals surface area contributed by atoms with Gasteiger partial charge in [0.05, 0.1) is 0 Å². The third-order valence-electron chi connectivity index (χ3n) is 6.47. The van der Waals surface area contributed by atoms with Gasteiger partial charge >= 0.3 is 0 Å². The highest BCUT2D eigenvalue weighted by Gasteiger charge is 2.30. The molecule has 4 rings (SSSR count). The van der Waals surface area contributed by atoms with Crippen LogP contribution in [0.1, 0.15) is 30.9 Å². The summed E-state index contributed by atoms with van der Waals surface area (Å²) in [5.74, 6) is 0.198. The number of unbranched alkanes of at least 4 members (excludes halogenated alkanes) is 1. The van der Waals surface area contributed by atoms with Crippen molar-refractivity contribution in [3.63, 3.8) is 0 Å². The monoisotopic (exact) mass is 528 g/mol. The van der Waals surface area contributed by atoms with E-state index in [1.807, 2.05) is 84.9 Å². The number of carbonyl (C=O) groups is 2. The average Bonchev–Trinajstić information content (AvgIpc) is 2.95. The molecule has 38 heavy (non-hydrogen) atoms. The summed E-state index contributed by atoms with van der Waals surface area (Å²) >= 11 is 6.10. The Hall–Kier alpha value is -3.83. The van der Waals surface area contributed by atoms with Crippen molar-refractivity contribution in [2.45, 2.75) is 38.8 Å². The molecule has 0 fully saturated rings. The van der Waals surface area contributed by atoms with Crippen LogP contribution in [0.2, 0.25) is 5.02 Å². The quantitative estimate of drug-likeness (QED) is 0.216. The Morgan fingerprint density at radius 3 is 2.34 bits per heavy atom. The number of halogens is 1. The molecule has 1 unspecified atom stereocenters. The highest BCUT2D eigenvalue weighted by Crippen LogP contribution is 2.25. The highest BCUT2D eigenvalue weighted by molar-refractivity contribution is 6.30. The lowest BCUT2D eigenvalue weighted by molar-refractivity contribution is -0.142. The summed E-state index contributed by atoms with van der Waals surface area (Å²) < 4.78 is 6.05. The Bertz CT molecular complexity index is 1340. The molecule has 0 bridgehead atoms. The molecular formula is C32H33ClN2O3. The fourth-order valence-electron chi connectivity index (χ4n) is 4.39. The maximum Gasteiger partial charge on any atom is 0.261 e. The van der Waals surface area contributed by atoms with Gasteiger partial charge in [-0.15, -0.1) is 0 Å². The summed E-state index contributed by atoms with van der Waals surface area (Å²) in [6, 6.07) is 30.1. The van der Waals surface area contributed by atoms with Crippen LogP contribution >= 0.6 is 11.6 Å². The Morgan fingerprint density at radius 2 is 1.58 bits per heavy atom. The SMILES string of the molecule is CCCCNC(=O)C(Cc1ccccc1)N(Cc1ccc(Cl)cc1)C(=O)COc1cccc2ccccc12. The van der Waals surface area contributed by atoms with Gasteiger partial charge in [0.25, 0.3) is 5.91 Å². The molecule has 2 amide bonds. The zero-order valence-electron chi connectivity index (χ0n) is 21.6. The van der Waals surface area contributed by atoms with Gasteiger partial charge < -0.3 is 15.0 Å².